The number of hydrogen-bond donors (Lipinski definition) is 1. The first kappa shape index (κ1) is 14.5. The summed E-state index contributed by atoms with van der Waals surface area (Å²) in [4.78, 5) is 11.9. The predicted molar refractivity (Wildman–Crippen MR) is 82.9 cm³/mol. The summed E-state index contributed by atoms with van der Waals surface area (Å²) in [7, 11) is 0. The van der Waals surface area contributed by atoms with Crippen LogP contribution in [-0.4, -0.2) is 19.3 Å². The largest absolute Gasteiger partial charge is 0.484 e. The number of nitrogens with one attached hydrogen (secondary N) is 1. The number of halogens is 1. The van der Waals surface area contributed by atoms with Crippen molar-refractivity contribution in [3.63, 3.8) is 0 Å². The van der Waals surface area contributed by atoms with E-state index < -0.39 is 0 Å². The van der Waals surface area contributed by atoms with Crippen LogP contribution in [0.3, 0.4) is 0 Å². The Kier molecular flexibility index (Phi) is 4.06. The molecular formula is C16H14ClNO4. The van der Waals surface area contributed by atoms with Crippen molar-refractivity contribution in [1.82, 2.24) is 0 Å². The molecule has 0 spiro atoms. The zero-order valence-corrected chi connectivity index (χ0v) is 12.6. The Bertz CT molecular complexity index is 717. The molecule has 6 heteroatoms. The minimum absolute atomic E-state index is 0.0955. The van der Waals surface area contributed by atoms with Crippen LogP contribution >= 0.6 is 11.6 Å². The third-order valence-corrected chi connectivity index (χ3v) is 3.41. The van der Waals surface area contributed by atoms with Crippen molar-refractivity contribution in [2.24, 2.45) is 0 Å². The molecule has 0 bridgehead atoms. The second-order valence-corrected chi connectivity index (χ2v) is 5.25. The van der Waals surface area contributed by atoms with Gasteiger partial charge >= 0.3 is 0 Å². The lowest BCUT2D eigenvalue weighted by atomic mass is 10.2. The molecule has 0 atom stereocenters. The number of benzene rings is 2. The summed E-state index contributed by atoms with van der Waals surface area (Å²) < 4.78 is 15.9. The molecule has 1 heterocycles. The number of anilines is 1. The summed E-state index contributed by atoms with van der Waals surface area (Å²) in [6.45, 7) is 1.98. The Morgan fingerprint density at radius 2 is 2.05 bits per heavy atom. The topological polar surface area (TPSA) is 56.8 Å². The first-order chi connectivity index (χ1) is 10.6. The summed E-state index contributed by atoms with van der Waals surface area (Å²) >= 11 is 5.88. The Balaban J connectivity index is 1.58. The van der Waals surface area contributed by atoms with Crippen molar-refractivity contribution >= 4 is 23.2 Å². The van der Waals surface area contributed by atoms with E-state index >= 15 is 0 Å². The van der Waals surface area contributed by atoms with Gasteiger partial charge in [-0.15, -0.1) is 0 Å². The average Bonchev–Trinajstić information content (AvgIpc) is 2.95. The Hall–Kier alpha value is -2.40. The molecule has 0 radical (unpaired) electrons. The third-order valence-electron chi connectivity index (χ3n) is 3.18. The molecule has 0 saturated heterocycles. The number of carbonyl (C=O) groups is 1. The van der Waals surface area contributed by atoms with E-state index in [2.05, 4.69) is 5.32 Å². The van der Waals surface area contributed by atoms with Crippen LogP contribution in [-0.2, 0) is 4.79 Å². The van der Waals surface area contributed by atoms with Crippen LogP contribution in [0.25, 0.3) is 0 Å². The van der Waals surface area contributed by atoms with E-state index in [1.165, 1.54) is 0 Å². The molecule has 1 aliphatic heterocycles. The lowest BCUT2D eigenvalue weighted by molar-refractivity contribution is -0.118. The van der Waals surface area contributed by atoms with Gasteiger partial charge in [0.1, 0.15) is 5.75 Å². The number of aryl methyl sites for hydroxylation is 1. The number of ether oxygens (including phenoxy) is 3. The molecule has 1 amide bonds. The van der Waals surface area contributed by atoms with E-state index in [1.807, 2.05) is 6.92 Å². The zero-order chi connectivity index (χ0) is 15.5. The summed E-state index contributed by atoms with van der Waals surface area (Å²) in [6, 6.07) is 10.4. The lowest BCUT2D eigenvalue weighted by Gasteiger charge is -2.10. The maximum Gasteiger partial charge on any atom is 0.262 e. The van der Waals surface area contributed by atoms with Crippen molar-refractivity contribution in [3.05, 3.63) is 47.0 Å². The van der Waals surface area contributed by atoms with E-state index in [0.29, 0.717) is 28.0 Å². The predicted octanol–water partition coefficient (Wildman–Crippen LogP) is 3.39. The molecule has 1 N–H and O–H groups in total. The second-order valence-electron chi connectivity index (χ2n) is 4.81. The Labute approximate surface area is 132 Å². The van der Waals surface area contributed by atoms with Crippen LogP contribution in [0.2, 0.25) is 5.02 Å². The molecule has 2 aromatic carbocycles. The quantitative estimate of drug-likeness (QED) is 0.938. The van der Waals surface area contributed by atoms with Gasteiger partial charge in [-0.25, -0.2) is 0 Å². The molecule has 3 rings (SSSR count). The molecule has 22 heavy (non-hydrogen) atoms. The van der Waals surface area contributed by atoms with Crippen LogP contribution in [0.4, 0.5) is 5.69 Å². The van der Waals surface area contributed by atoms with Crippen molar-refractivity contribution in [3.8, 4) is 17.2 Å². The van der Waals surface area contributed by atoms with Gasteiger partial charge in [-0.3, -0.25) is 4.79 Å². The molecular weight excluding hydrogens is 306 g/mol. The molecule has 0 fully saturated rings. The summed E-state index contributed by atoms with van der Waals surface area (Å²) in [6.07, 6.45) is 0. The highest BCUT2D eigenvalue weighted by molar-refractivity contribution is 6.30. The van der Waals surface area contributed by atoms with Gasteiger partial charge in [-0.2, -0.15) is 0 Å². The molecule has 0 saturated carbocycles. The van der Waals surface area contributed by atoms with Crippen molar-refractivity contribution in [1.29, 1.82) is 0 Å². The second kappa shape index (κ2) is 6.15. The van der Waals surface area contributed by atoms with Gasteiger partial charge < -0.3 is 19.5 Å². The van der Waals surface area contributed by atoms with E-state index in [9.17, 15) is 4.79 Å². The highest BCUT2D eigenvalue weighted by atomic mass is 35.5. The molecule has 0 aliphatic carbocycles. The standard InChI is InChI=1S/C16H14ClNO4/c1-10-6-11(17)2-4-13(10)18-16(19)8-20-12-3-5-14-15(7-12)22-9-21-14/h2-7H,8-9H2,1H3,(H,18,19). The highest BCUT2D eigenvalue weighted by Crippen LogP contribution is 2.35. The van der Waals surface area contributed by atoms with Crippen LogP contribution < -0.4 is 19.5 Å². The van der Waals surface area contributed by atoms with Gasteiger partial charge in [-0.1, -0.05) is 11.6 Å². The number of rotatable bonds is 4. The van der Waals surface area contributed by atoms with Crippen LogP contribution in [0.1, 0.15) is 5.56 Å². The van der Waals surface area contributed by atoms with Gasteiger partial charge in [-0.05, 0) is 42.8 Å². The third kappa shape index (κ3) is 3.26. The minimum atomic E-state index is -0.247. The zero-order valence-electron chi connectivity index (χ0n) is 11.9. The van der Waals surface area contributed by atoms with E-state index in [-0.39, 0.29) is 19.3 Å². The summed E-state index contributed by atoms with van der Waals surface area (Å²) in [5.74, 6) is 1.59. The molecule has 5 nitrogen and oxygen atoms in total. The summed E-state index contributed by atoms with van der Waals surface area (Å²) in [5.41, 5.74) is 1.60. The average molecular weight is 320 g/mol. The van der Waals surface area contributed by atoms with Gasteiger partial charge in [0.15, 0.2) is 18.1 Å². The van der Waals surface area contributed by atoms with Crippen LogP contribution in [0.5, 0.6) is 17.2 Å². The van der Waals surface area contributed by atoms with E-state index in [4.69, 9.17) is 25.8 Å². The maximum absolute atomic E-state index is 11.9. The first-order valence-corrected chi connectivity index (χ1v) is 7.08. The number of fused-ring (bicyclic) bond motifs is 1. The van der Waals surface area contributed by atoms with Crippen molar-refractivity contribution in [2.45, 2.75) is 6.92 Å². The van der Waals surface area contributed by atoms with Crippen LogP contribution in [0, 0.1) is 6.92 Å². The normalized spacial score (nSPS) is 12.1. The lowest BCUT2D eigenvalue weighted by Crippen LogP contribution is -2.20. The van der Waals surface area contributed by atoms with Crippen LogP contribution in [0.15, 0.2) is 36.4 Å². The fourth-order valence-electron chi connectivity index (χ4n) is 2.07. The summed E-state index contributed by atoms with van der Waals surface area (Å²) in [5, 5.41) is 3.41. The fourth-order valence-corrected chi connectivity index (χ4v) is 2.30. The van der Waals surface area contributed by atoms with Gasteiger partial charge in [0.2, 0.25) is 6.79 Å². The molecule has 114 valence electrons. The van der Waals surface area contributed by atoms with Gasteiger partial charge in [0.25, 0.3) is 5.91 Å². The van der Waals surface area contributed by atoms with Crippen molar-refractivity contribution in [2.75, 3.05) is 18.7 Å². The van der Waals surface area contributed by atoms with Gasteiger partial charge in [0, 0.05) is 16.8 Å². The smallest absolute Gasteiger partial charge is 0.262 e. The SMILES string of the molecule is Cc1cc(Cl)ccc1NC(=O)COc1ccc2c(c1)OCO2. The fraction of sp³-hybridized carbons (Fsp3) is 0.188. The molecule has 0 unspecified atom stereocenters. The molecule has 2 aromatic rings. The van der Waals surface area contributed by atoms with E-state index in [0.717, 1.165) is 5.56 Å². The molecule has 1 aliphatic rings. The Morgan fingerprint density at radius 1 is 1.23 bits per heavy atom. The first-order valence-electron chi connectivity index (χ1n) is 6.70. The monoisotopic (exact) mass is 319 g/mol. The van der Waals surface area contributed by atoms with Gasteiger partial charge in [0.05, 0.1) is 0 Å². The van der Waals surface area contributed by atoms with Crippen molar-refractivity contribution < 1.29 is 19.0 Å². The maximum atomic E-state index is 11.9. The number of amides is 1. The minimum Gasteiger partial charge on any atom is -0.484 e. The number of carbonyl (C=O) groups excluding carboxylic acids is 1. The molecule has 0 aromatic heterocycles. The van der Waals surface area contributed by atoms with E-state index in [1.54, 1.807) is 36.4 Å². The Morgan fingerprint density at radius 3 is 2.86 bits per heavy atom. The number of hydrogen-bond acceptors (Lipinski definition) is 4. The highest BCUT2D eigenvalue weighted by Gasteiger charge is 2.14.